The maximum atomic E-state index is 11.3. The maximum Gasteiger partial charge on any atom is 0.267 e. The van der Waals surface area contributed by atoms with Crippen molar-refractivity contribution < 1.29 is 10.0 Å². The molecular formula is C27H27N3O2S. The zero-order valence-electron chi connectivity index (χ0n) is 18.3. The Hall–Kier alpha value is -3.19. The van der Waals surface area contributed by atoms with Crippen LogP contribution < -0.4 is 5.48 Å². The third-order valence-electron chi connectivity index (χ3n) is 6.47. The SMILES string of the molecule is O=C(/C=C/c1ccc2c(c1)CCC2N(CCc1c[nH]c2ccccc12)Cc1cccs1)NO. The lowest BCUT2D eigenvalue weighted by molar-refractivity contribution is -0.124. The predicted octanol–water partition coefficient (Wildman–Crippen LogP) is 5.48. The van der Waals surface area contributed by atoms with E-state index in [1.54, 1.807) is 11.6 Å². The number of carbonyl (C=O) groups is 1. The number of benzene rings is 2. The Morgan fingerprint density at radius 2 is 2.12 bits per heavy atom. The van der Waals surface area contributed by atoms with Crippen molar-refractivity contribution >= 4 is 34.2 Å². The van der Waals surface area contributed by atoms with E-state index in [2.05, 4.69) is 76.1 Å². The number of hydrogen-bond donors (Lipinski definition) is 3. The third-order valence-corrected chi connectivity index (χ3v) is 7.33. The van der Waals surface area contributed by atoms with Gasteiger partial charge in [-0.2, -0.15) is 0 Å². The number of amides is 1. The van der Waals surface area contributed by atoms with Gasteiger partial charge in [0, 0.05) is 47.2 Å². The van der Waals surface area contributed by atoms with Gasteiger partial charge in [0.2, 0.25) is 0 Å². The van der Waals surface area contributed by atoms with E-state index < -0.39 is 5.91 Å². The smallest absolute Gasteiger partial charge is 0.267 e. The number of hydrogen-bond acceptors (Lipinski definition) is 4. The van der Waals surface area contributed by atoms with E-state index >= 15 is 0 Å². The lowest BCUT2D eigenvalue weighted by Crippen LogP contribution is -2.29. The Labute approximate surface area is 197 Å². The van der Waals surface area contributed by atoms with Gasteiger partial charge < -0.3 is 4.98 Å². The van der Waals surface area contributed by atoms with Crippen molar-refractivity contribution in [1.29, 1.82) is 0 Å². The van der Waals surface area contributed by atoms with Crippen LogP contribution in [0.25, 0.3) is 17.0 Å². The monoisotopic (exact) mass is 457 g/mol. The number of para-hydroxylation sites is 1. The van der Waals surface area contributed by atoms with Gasteiger partial charge in [0.15, 0.2) is 0 Å². The van der Waals surface area contributed by atoms with E-state index in [-0.39, 0.29) is 0 Å². The number of carbonyl (C=O) groups excluding carboxylic acids is 1. The number of fused-ring (bicyclic) bond motifs is 2. The Kier molecular flexibility index (Phi) is 6.39. The average molecular weight is 458 g/mol. The first-order valence-electron chi connectivity index (χ1n) is 11.3. The van der Waals surface area contributed by atoms with Crippen molar-refractivity contribution in [3.63, 3.8) is 0 Å². The van der Waals surface area contributed by atoms with Gasteiger partial charge in [-0.15, -0.1) is 11.3 Å². The van der Waals surface area contributed by atoms with Gasteiger partial charge in [0.05, 0.1) is 0 Å². The van der Waals surface area contributed by atoms with E-state index in [0.29, 0.717) is 6.04 Å². The van der Waals surface area contributed by atoms with Crippen LogP contribution in [0.5, 0.6) is 0 Å². The number of thiophene rings is 1. The van der Waals surface area contributed by atoms with E-state index in [9.17, 15) is 4.79 Å². The molecule has 3 N–H and O–H groups in total. The van der Waals surface area contributed by atoms with Crippen LogP contribution in [-0.2, 0) is 24.2 Å². The molecule has 5 nitrogen and oxygen atoms in total. The zero-order valence-corrected chi connectivity index (χ0v) is 19.1. The minimum Gasteiger partial charge on any atom is -0.361 e. The largest absolute Gasteiger partial charge is 0.361 e. The summed E-state index contributed by atoms with van der Waals surface area (Å²) in [6.07, 6.45) is 8.36. The normalized spacial score (nSPS) is 15.5. The Morgan fingerprint density at radius 3 is 2.97 bits per heavy atom. The van der Waals surface area contributed by atoms with Crippen molar-refractivity contribution in [2.45, 2.75) is 31.8 Å². The first kappa shape index (κ1) is 21.6. The molecule has 1 amide bonds. The van der Waals surface area contributed by atoms with Crippen LogP contribution in [0.3, 0.4) is 0 Å². The van der Waals surface area contributed by atoms with E-state index in [0.717, 1.165) is 37.9 Å². The molecule has 1 atom stereocenters. The summed E-state index contributed by atoms with van der Waals surface area (Å²) in [7, 11) is 0. The van der Waals surface area contributed by atoms with Gasteiger partial charge >= 0.3 is 0 Å². The number of rotatable bonds is 8. The molecule has 2 aromatic carbocycles. The van der Waals surface area contributed by atoms with Gasteiger partial charge in [-0.25, -0.2) is 5.48 Å². The molecule has 1 aliphatic rings. The molecule has 0 fully saturated rings. The van der Waals surface area contributed by atoms with Crippen molar-refractivity contribution in [1.82, 2.24) is 15.4 Å². The van der Waals surface area contributed by atoms with Crippen LogP contribution in [0.4, 0.5) is 0 Å². The fraction of sp³-hybridized carbons (Fsp3) is 0.222. The van der Waals surface area contributed by atoms with Crippen molar-refractivity contribution in [3.8, 4) is 0 Å². The summed E-state index contributed by atoms with van der Waals surface area (Å²) < 4.78 is 0. The van der Waals surface area contributed by atoms with Gasteiger partial charge in [-0.1, -0.05) is 42.5 Å². The minimum atomic E-state index is -0.521. The third kappa shape index (κ3) is 4.78. The summed E-state index contributed by atoms with van der Waals surface area (Å²) in [6, 6.07) is 19.7. The van der Waals surface area contributed by atoms with E-state index in [1.807, 2.05) is 11.3 Å². The highest BCUT2D eigenvalue weighted by atomic mass is 32.1. The van der Waals surface area contributed by atoms with Crippen molar-refractivity contribution in [2.75, 3.05) is 6.54 Å². The second kappa shape index (κ2) is 9.75. The second-order valence-electron chi connectivity index (χ2n) is 8.48. The van der Waals surface area contributed by atoms with Crippen LogP contribution >= 0.6 is 11.3 Å². The molecule has 5 rings (SSSR count). The lowest BCUT2D eigenvalue weighted by Gasteiger charge is -2.29. The quantitative estimate of drug-likeness (QED) is 0.186. The molecule has 1 aliphatic carbocycles. The molecular weight excluding hydrogens is 430 g/mol. The number of aromatic nitrogens is 1. The number of nitrogens with zero attached hydrogens (tertiary/aromatic N) is 1. The van der Waals surface area contributed by atoms with Gasteiger partial charge in [-0.3, -0.25) is 14.9 Å². The second-order valence-corrected chi connectivity index (χ2v) is 9.51. The molecule has 0 radical (unpaired) electrons. The first-order chi connectivity index (χ1) is 16.2. The van der Waals surface area contributed by atoms with Crippen LogP contribution in [-0.4, -0.2) is 27.5 Å². The number of aromatic amines is 1. The molecule has 33 heavy (non-hydrogen) atoms. The van der Waals surface area contributed by atoms with Crippen LogP contribution in [0.1, 0.15) is 39.6 Å². The number of H-pyrrole nitrogens is 1. The molecule has 1 unspecified atom stereocenters. The topological polar surface area (TPSA) is 68.4 Å². The van der Waals surface area contributed by atoms with Crippen LogP contribution in [0.2, 0.25) is 0 Å². The molecule has 0 spiro atoms. The van der Waals surface area contributed by atoms with Crippen molar-refractivity contribution in [2.24, 2.45) is 0 Å². The van der Waals surface area contributed by atoms with E-state index in [1.165, 1.54) is 38.5 Å². The highest BCUT2D eigenvalue weighted by molar-refractivity contribution is 7.09. The number of aryl methyl sites for hydroxylation is 1. The number of hydroxylamine groups is 1. The lowest BCUT2D eigenvalue weighted by atomic mass is 10.0. The van der Waals surface area contributed by atoms with Crippen molar-refractivity contribution in [3.05, 3.63) is 99.4 Å². The Morgan fingerprint density at radius 1 is 1.21 bits per heavy atom. The highest BCUT2D eigenvalue weighted by Gasteiger charge is 2.28. The molecule has 0 bridgehead atoms. The molecule has 0 aliphatic heterocycles. The van der Waals surface area contributed by atoms with E-state index in [4.69, 9.17) is 5.21 Å². The summed E-state index contributed by atoms with van der Waals surface area (Å²) in [4.78, 5) is 18.7. The minimum absolute atomic E-state index is 0.381. The fourth-order valence-electron chi connectivity index (χ4n) is 4.86. The van der Waals surface area contributed by atoms with Crippen LogP contribution in [0, 0.1) is 0 Å². The zero-order chi connectivity index (χ0) is 22.6. The molecule has 4 aromatic rings. The van der Waals surface area contributed by atoms with Gasteiger partial charge in [0.1, 0.15) is 0 Å². The van der Waals surface area contributed by atoms with Gasteiger partial charge in [-0.05, 0) is 65.1 Å². The Balaban J connectivity index is 1.37. The van der Waals surface area contributed by atoms with Gasteiger partial charge in [0.25, 0.3) is 5.91 Å². The fourth-order valence-corrected chi connectivity index (χ4v) is 5.59. The Bertz CT molecular complexity index is 1280. The molecule has 0 saturated heterocycles. The summed E-state index contributed by atoms with van der Waals surface area (Å²) in [5.41, 5.74) is 7.89. The summed E-state index contributed by atoms with van der Waals surface area (Å²) in [6.45, 7) is 1.94. The highest BCUT2D eigenvalue weighted by Crippen LogP contribution is 2.38. The summed E-state index contributed by atoms with van der Waals surface area (Å²) in [5.74, 6) is -0.521. The summed E-state index contributed by atoms with van der Waals surface area (Å²) >= 11 is 1.82. The number of nitrogens with one attached hydrogen (secondary N) is 2. The standard InChI is InChI=1S/C27H27N3O2S/c31-27(29-32)12-8-19-7-10-24-20(16-19)9-11-26(24)30(18-22-4-3-15-33-22)14-13-21-17-28-25-6-2-1-5-23(21)25/h1-8,10,12,15-17,26,28,32H,9,11,13-14,18H2,(H,29,31)/b12-8+. The summed E-state index contributed by atoms with van der Waals surface area (Å²) in [5, 5.41) is 12.1. The molecule has 2 heterocycles. The first-order valence-corrected chi connectivity index (χ1v) is 12.2. The van der Waals surface area contributed by atoms with Crippen LogP contribution in [0.15, 0.2) is 72.3 Å². The average Bonchev–Trinajstić information content (AvgIpc) is 3.60. The predicted molar refractivity (Wildman–Crippen MR) is 133 cm³/mol. The molecule has 0 saturated carbocycles. The molecule has 2 aromatic heterocycles. The molecule has 6 heteroatoms. The molecule has 168 valence electrons. The maximum absolute atomic E-state index is 11.3.